The molecule has 0 saturated carbocycles. The van der Waals surface area contributed by atoms with E-state index in [9.17, 15) is 14.5 Å². The summed E-state index contributed by atoms with van der Waals surface area (Å²) in [5.41, 5.74) is 0. The van der Waals surface area contributed by atoms with E-state index < -0.39 is 11.9 Å². The second kappa shape index (κ2) is 9.41. The van der Waals surface area contributed by atoms with Gasteiger partial charge in [-0.1, -0.05) is 13.8 Å². The molecule has 0 rings (SSSR count). The van der Waals surface area contributed by atoms with E-state index in [4.69, 9.17) is 0 Å². The molecule has 0 aliphatic carbocycles. The van der Waals surface area contributed by atoms with Crippen molar-refractivity contribution < 1.29 is 9.59 Å². The van der Waals surface area contributed by atoms with E-state index in [0.717, 1.165) is 18.0 Å². The molecule has 1 N–H and O–H groups in total. The quantitative estimate of drug-likeness (QED) is 0.389. The summed E-state index contributed by atoms with van der Waals surface area (Å²) in [6.07, 6.45) is 1.57. The Morgan fingerprint density at radius 1 is 1.10 bits per heavy atom. The Labute approximate surface area is 120 Å². The Kier molecular flexibility index (Phi) is 8.71. The van der Waals surface area contributed by atoms with Crippen molar-refractivity contribution >= 4 is 11.8 Å². The summed E-state index contributed by atoms with van der Waals surface area (Å²) in [6.45, 7) is 6.20. The molecule has 0 bridgehead atoms. The lowest BCUT2D eigenvalue weighted by Gasteiger charge is -2.20. The Balaban J connectivity index is 4.25. The van der Waals surface area contributed by atoms with Crippen LogP contribution < -0.4 is 5.32 Å². The fraction of sp³-hybridized carbons (Fsp3) is 0.846. The molecule has 0 spiro atoms. The minimum Gasteiger partial charge on any atom is -0.344 e. The maximum Gasteiger partial charge on any atom is 0.267 e. The first-order chi connectivity index (χ1) is 9.29. The van der Waals surface area contributed by atoms with Crippen molar-refractivity contribution in [2.45, 2.75) is 39.7 Å². The normalized spacial score (nSPS) is 12.3. The van der Waals surface area contributed by atoms with Crippen molar-refractivity contribution in [1.82, 2.24) is 15.2 Å². The number of nitrogens with zero attached hydrogens (tertiary/aromatic N) is 3. The largest absolute Gasteiger partial charge is 0.344 e. The van der Waals surface area contributed by atoms with Crippen molar-refractivity contribution in [2.24, 2.45) is 11.2 Å². The standard InChI is InChI=1S/C13H26N4O3/c1-10(2)12(18)14-11(3)13(19)17(15-20)9-7-6-8-16(4)5/h10-11H,6-9H2,1-5H3,(H,14,18). The van der Waals surface area contributed by atoms with Gasteiger partial charge in [-0.05, 0) is 40.4 Å². The molecule has 0 aliphatic heterocycles. The minimum absolute atomic E-state index is 0.206. The van der Waals surface area contributed by atoms with Gasteiger partial charge in [0, 0.05) is 12.5 Å². The molecule has 20 heavy (non-hydrogen) atoms. The van der Waals surface area contributed by atoms with Crippen LogP contribution in [0.3, 0.4) is 0 Å². The first-order valence-electron chi connectivity index (χ1n) is 6.89. The zero-order chi connectivity index (χ0) is 15.7. The van der Waals surface area contributed by atoms with Crippen LogP contribution in [0.2, 0.25) is 0 Å². The lowest BCUT2D eigenvalue weighted by molar-refractivity contribution is -0.136. The topological polar surface area (TPSA) is 82.1 Å². The van der Waals surface area contributed by atoms with Gasteiger partial charge in [-0.2, -0.15) is 5.01 Å². The number of hydrogen-bond acceptors (Lipinski definition) is 5. The van der Waals surface area contributed by atoms with Gasteiger partial charge in [0.25, 0.3) is 5.91 Å². The third kappa shape index (κ3) is 7.18. The second-order valence-electron chi connectivity index (χ2n) is 5.44. The van der Waals surface area contributed by atoms with E-state index >= 15 is 0 Å². The lowest BCUT2D eigenvalue weighted by atomic mass is 10.2. The van der Waals surface area contributed by atoms with Crippen LogP contribution in [0.1, 0.15) is 33.6 Å². The highest BCUT2D eigenvalue weighted by Gasteiger charge is 2.23. The van der Waals surface area contributed by atoms with Crippen molar-refractivity contribution in [1.29, 1.82) is 0 Å². The van der Waals surface area contributed by atoms with Crippen molar-refractivity contribution in [3.8, 4) is 0 Å². The van der Waals surface area contributed by atoms with Crippen LogP contribution in [-0.2, 0) is 9.59 Å². The molecule has 7 heteroatoms. The van der Waals surface area contributed by atoms with Crippen molar-refractivity contribution in [3.63, 3.8) is 0 Å². The molecule has 1 unspecified atom stereocenters. The Morgan fingerprint density at radius 2 is 1.65 bits per heavy atom. The van der Waals surface area contributed by atoms with E-state index in [-0.39, 0.29) is 18.4 Å². The van der Waals surface area contributed by atoms with Gasteiger partial charge in [-0.25, -0.2) is 0 Å². The van der Waals surface area contributed by atoms with E-state index in [1.165, 1.54) is 0 Å². The van der Waals surface area contributed by atoms with Crippen LogP contribution in [0.4, 0.5) is 0 Å². The van der Waals surface area contributed by atoms with Crippen LogP contribution in [0, 0.1) is 10.8 Å². The van der Waals surface area contributed by atoms with E-state index in [0.29, 0.717) is 6.42 Å². The molecule has 116 valence electrons. The van der Waals surface area contributed by atoms with Gasteiger partial charge < -0.3 is 10.2 Å². The average molecular weight is 286 g/mol. The molecule has 0 aromatic rings. The Morgan fingerprint density at radius 3 is 2.10 bits per heavy atom. The van der Waals surface area contributed by atoms with Gasteiger partial charge in [-0.15, -0.1) is 4.91 Å². The summed E-state index contributed by atoms with van der Waals surface area (Å²) >= 11 is 0. The Hall–Kier alpha value is -1.50. The molecule has 0 aromatic carbocycles. The highest BCUT2D eigenvalue weighted by Crippen LogP contribution is 2.02. The molecule has 0 aromatic heterocycles. The third-order valence-electron chi connectivity index (χ3n) is 2.83. The van der Waals surface area contributed by atoms with Gasteiger partial charge in [0.2, 0.25) is 5.91 Å². The summed E-state index contributed by atoms with van der Waals surface area (Å²) < 4.78 is 0. The predicted octanol–water partition coefficient (Wildman–Crippen LogP) is 0.999. The molecule has 0 aliphatic rings. The molecule has 0 radical (unpaired) electrons. The maximum atomic E-state index is 12.0. The number of hydrogen-bond donors (Lipinski definition) is 1. The van der Waals surface area contributed by atoms with Gasteiger partial charge in [0.05, 0.1) is 5.29 Å². The van der Waals surface area contributed by atoms with Crippen LogP contribution in [0.5, 0.6) is 0 Å². The van der Waals surface area contributed by atoms with E-state index in [1.807, 2.05) is 19.0 Å². The number of rotatable bonds is 9. The molecule has 0 fully saturated rings. The first kappa shape index (κ1) is 18.5. The van der Waals surface area contributed by atoms with Crippen molar-refractivity contribution in [3.05, 3.63) is 4.91 Å². The average Bonchev–Trinajstić information content (AvgIpc) is 2.37. The zero-order valence-corrected chi connectivity index (χ0v) is 13.0. The van der Waals surface area contributed by atoms with Gasteiger partial charge in [-0.3, -0.25) is 9.59 Å². The summed E-state index contributed by atoms with van der Waals surface area (Å²) in [5, 5.41) is 6.20. The maximum absolute atomic E-state index is 12.0. The molecule has 0 saturated heterocycles. The summed E-state index contributed by atoms with van der Waals surface area (Å²) in [4.78, 5) is 36.2. The molecular formula is C13H26N4O3. The Bertz CT molecular complexity index is 332. The molecule has 1 atom stereocenters. The summed E-state index contributed by atoms with van der Waals surface area (Å²) in [6, 6.07) is -0.739. The summed E-state index contributed by atoms with van der Waals surface area (Å²) in [7, 11) is 3.93. The zero-order valence-electron chi connectivity index (χ0n) is 13.0. The van der Waals surface area contributed by atoms with Gasteiger partial charge in [0.1, 0.15) is 6.04 Å². The molecule has 2 amide bonds. The highest BCUT2D eigenvalue weighted by molar-refractivity contribution is 5.87. The van der Waals surface area contributed by atoms with Gasteiger partial charge in [0.15, 0.2) is 0 Å². The number of nitroso groups, excluding NO2 is 1. The fourth-order valence-electron chi connectivity index (χ4n) is 1.55. The van der Waals surface area contributed by atoms with Crippen molar-refractivity contribution in [2.75, 3.05) is 27.2 Å². The number of carbonyl (C=O) groups is 2. The highest BCUT2D eigenvalue weighted by atomic mass is 16.3. The number of carbonyl (C=O) groups excluding carboxylic acids is 2. The number of amides is 2. The molecule has 0 heterocycles. The van der Waals surface area contributed by atoms with Crippen LogP contribution in [0.25, 0.3) is 0 Å². The third-order valence-corrected chi connectivity index (χ3v) is 2.83. The van der Waals surface area contributed by atoms with Crippen LogP contribution >= 0.6 is 0 Å². The summed E-state index contributed by atoms with van der Waals surface area (Å²) in [5.74, 6) is -0.897. The molecular weight excluding hydrogens is 260 g/mol. The second-order valence-corrected chi connectivity index (χ2v) is 5.44. The first-order valence-corrected chi connectivity index (χ1v) is 6.89. The fourth-order valence-corrected chi connectivity index (χ4v) is 1.55. The lowest BCUT2D eigenvalue weighted by Crippen LogP contribution is -2.46. The number of unbranched alkanes of at least 4 members (excludes halogenated alkanes) is 1. The SMILES string of the molecule is CC(C)C(=O)NC(C)C(=O)N(CCCCN(C)C)N=O. The predicted molar refractivity (Wildman–Crippen MR) is 77.7 cm³/mol. The van der Waals surface area contributed by atoms with Crippen LogP contribution in [0.15, 0.2) is 5.29 Å². The smallest absolute Gasteiger partial charge is 0.267 e. The van der Waals surface area contributed by atoms with Crippen LogP contribution in [-0.4, -0.2) is 54.9 Å². The minimum atomic E-state index is -0.739. The van der Waals surface area contributed by atoms with E-state index in [2.05, 4.69) is 10.6 Å². The van der Waals surface area contributed by atoms with Gasteiger partial charge >= 0.3 is 0 Å². The monoisotopic (exact) mass is 286 g/mol. The van der Waals surface area contributed by atoms with E-state index in [1.54, 1.807) is 20.8 Å². The molecule has 7 nitrogen and oxygen atoms in total. The number of nitrogens with one attached hydrogen (secondary N) is 1.